The van der Waals surface area contributed by atoms with Crippen LogP contribution in [0.5, 0.6) is 0 Å². The van der Waals surface area contributed by atoms with E-state index in [0.29, 0.717) is 5.41 Å². The molecule has 2 atom stereocenters. The largest absolute Gasteiger partial charge is 0.481 e. The quantitative estimate of drug-likeness (QED) is 0.699. The standard InChI is InChI=1S/C12H20O2/c1-10(2)5-4-6-12(7-10)8-11(12,3)9(13)14/h4-8H2,1-3H3,(H,13,14). The molecule has 0 aromatic heterocycles. The van der Waals surface area contributed by atoms with Gasteiger partial charge in [0.2, 0.25) is 0 Å². The number of hydrogen-bond acceptors (Lipinski definition) is 1. The molecule has 0 saturated heterocycles. The molecule has 2 aliphatic carbocycles. The summed E-state index contributed by atoms with van der Waals surface area (Å²) in [5, 5.41) is 9.20. The van der Waals surface area contributed by atoms with Gasteiger partial charge in [-0.3, -0.25) is 4.79 Å². The third kappa shape index (κ3) is 1.19. The number of carboxylic acid groups (broad SMARTS) is 1. The van der Waals surface area contributed by atoms with E-state index in [2.05, 4.69) is 13.8 Å². The monoisotopic (exact) mass is 196 g/mol. The normalized spacial score (nSPS) is 45.1. The molecule has 1 N–H and O–H groups in total. The van der Waals surface area contributed by atoms with Crippen molar-refractivity contribution in [3.63, 3.8) is 0 Å². The summed E-state index contributed by atoms with van der Waals surface area (Å²) in [6, 6.07) is 0. The Morgan fingerprint density at radius 1 is 1.14 bits per heavy atom. The number of carbonyl (C=O) groups is 1. The Bertz CT molecular complexity index is 282. The summed E-state index contributed by atoms with van der Waals surface area (Å²) in [4.78, 5) is 11.2. The van der Waals surface area contributed by atoms with E-state index in [9.17, 15) is 9.90 Å². The van der Waals surface area contributed by atoms with Crippen LogP contribution < -0.4 is 0 Å². The molecule has 0 aromatic rings. The Morgan fingerprint density at radius 3 is 2.21 bits per heavy atom. The number of carboxylic acids is 1. The second-order valence-electron chi connectivity index (χ2n) is 6.29. The first-order valence-corrected chi connectivity index (χ1v) is 5.55. The fourth-order valence-electron chi connectivity index (χ4n) is 3.56. The second kappa shape index (κ2) is 2.53. The van der Waals surface area contributed by atoms with Gasteiger partial charge in [-0.15, -0.1) is 0 Å². The highest BCUT2D eigenvalue weighted by atomic mass is 16.4. The van der Waals surface area contributed by atoms with Gasteiger partial charge in [0.15, 0.2) is 0 Å². The Hall–Kier alpha value is -0.530. The Balaban J connectivity index is 2.18. The molecule has 0 aliphatic heterocycles. The lowest BCUT2D eigenvalue weighted by molar-refractivity contribution is -0.144. The highest BCUT2D eigenvalue weighted by Crippen LogP contribution is 2.72. The first-order chi connectivity index (χ1) is 6.31. The van der Waals surface area contributed by atoms with Crippen molar-refractivity contribution in [1.29, 1.82) is 0 Å². The topological polar surface area (TPSA) is 37.3 Å². The van der Waals surface area contributed by atoms with Crippen molar-refractivity contribution in [2.24, 2.45) is 16.2 Å². The SMILES string of the molecule is CC1(C)CCCC2(C1)CC2(C)C(=O)O. The average molecular weight is 196 g/mol. The van der Waals surface area contributed by atoms with Crippen molar-refractivity contribution in [2.75, 3.05) is 0 Å². The maximum Gasteiger partial charge on any atom is 0.309 e. The van der Waals surface area contributed by atoms with E-state index in [1.165, 1.54) is 12.8 Å². The summed E-state index contributed by atoms with van der Waals surface area (Å²) >= 11 is 0. The zero-order valence-corrected chi connectivity index (χ0v) is 9.39. The summed E-state index contributed by atoms with van der Waals surface area (Å²) in [6.07, 6.45) is 5.58. The van der Waals surface area contributed by atoms with Crippen LogP contribution in [0.3, 0.4) is 0 Å². The summed E-state index contributed by atoms with van der Waals surface area (Å²) in [6.45, 7) is 6.47. The molecule has 80 valence electrons. The molecule has 2 heteroatoms. The Labute approximate surface area is 85.7 Å². The molecule has 0 heterocycles. The van der Waals surface area contributed by atoms with E-state index in [1.807, 2.05) is 6.92 Å². The van der Waals surface area contributed by atoms with E-state index >= 15 is 0 Å². The molecule has 2 unspecified atom stereocenters. The van der Waals surface area contributed by atoms with Crippen molar-refractivity contribution in [3.8, 4) is 0 Å². The molecule has 2 nitrogen and oxygen atoms in total. The summed E-state index contributed by atoms with van der Waals surface area (Å²) in [5.74, 6) is -0.588. The fourth-order valence-corrected chi connectivity index (χ4v) is 3.56. The Morgan fingerprint density at radius 2 is 1.79 bits per heavy atom. The van der Waals surface area contributed by atoms with Gasteiger partial charge < -0.3 is 5.11 Å². The van der Waals surface area contributed by atoms with Crippen LogP contribution in [0.15, 0.2) is 0 Å². The van der Waals surface area contributed by atoms with Crippen LogP contribution in [0.25, 0.3) is 0 Å². The van der Waals surface area contributed by atoms with E-state index in [1.54, 1.807) is 0 Å². The molecule has 1 spiro atoms. The molecule has 0 radical (unpaired) electrons. The van der Waals surface area contributed by atoms with E-state index < -0.39 is 11.4 Å². The van der Waals surface area contributed by atoms with Crippen molar-refractivity contribution >= 4 is 5.97 Å². The van der Waals surface area contributed by atoms with Gasteiger partial charge in [0.25, 0.3) is 0 Å². The highest BCUT2D eigenvalue weighted by molar-refractivity contribution is 5.79. The Kier molecular flexibility index (Phi) is 1.81. The van der Waals surface area contributed by atoms with Crippen molar-refractivity contribution < 1.29 is 9.90 Å². The van der Waals surface area contributed by atoms with E-state index in [-0.39, 0.29) is 5.41 Å². The summed E-state index contributed by atoms with van der Waals surface area (Å²) in [7, 11) is 0. The van der Waals surface area contributed by atoms with E-state index in [0.717, 1.165) is 19.3 Å². The molecule has 2 rings (SSSR count). The maximum atomic E-state index is 11.2. The van der Waals surface area contributed by atoms with Crippen LogP contribution in [0.1, 0.15) is 52.9 Å². The minimum atomic E-state index is -0.588. The molecule has 0 bridgehead atoms. The lowest BCUT2D eigenvalue weighted by Crippen LogP contribution is -2.30. The van der Waals surface area contributed by atoms with Crippen LogP contribution in [-0.2, 0) is 4.79 Å². The number of rotatable bonds is 1. The fraction of sp³-hybridized carbons (Fsp3) is 0.917. The summed E-state index contributed by atoms with van der Waals surface area (Å²) < 4.78 is 0. The van der Waals surface area contributed by atoms with Crippen molar-refractivity contribution in [2.45, 2.75) is 52.9 Å². The minimum absolute atomic E-state index is 0.139. The zero-order valence-electron chi connectivity index (χ0n) is 9.39. The lowest BCUT2D eigenvalue weighted by atomic mass is 9.68. The first-order valence-electron chi connectivity index (χ1n) is 5.55. The summed E-state index contributed by atoms with van der Waals surface area (Å²) in [5.41, 5.74) is 0.0801. The van der Waals surface area contributed by atoms with Gasteiger partial charge in [-0.25, -0.2) is 0 Å². The van der Waals surface area contributed by atoms with Crippen LogP contribution in [-0.4, -0.2) is 11.1 Å². The molecule has 2 saturated carbocycles. The van der Waals surface area contributed by atoms with Crippen molar-refractivity contribution in [1.82, 2.24) is 0 Å². The molecule has 2 fully saturated rings. The maximum absolute atomic E-state index is 11.2. The van der Waals surface area contributed by atoms with Gasteiger partial charge in [-0.2, -0.15) is 0 Å². The second-order valence-corrected chi connectivity index (χ2v) is 6.29. The number of aliphatic carboxylic acids is 1. The average Bonchev–Trinajstić information content (AvgIpc) is 2.54. The van der Waals surface area contributed by atoms with Gasteiger partial charge in [0, 0.05) is 0 Å². The van der Waals surface area contributed by atoms with Crippen LogP contribution in [0, 0.1) is 16.2 Å². The number of hydrogen-bond donors (Lipinski definition) is 1. The zero-order chi connectivity index (χ0) is 10.6. The van der Waals surface area contributed by atoms with Gasteiger partial charge >= 0.3 is 5.97 Å². The van der Waals surface area contributed by atoms with Crippen LogP contribution in [0.4, 0.5) is 0 Å². The molecule has 0 aromatic carbocycles. The molecular formula is C12H20O2. The van der Waals surface area contributed by atoms with Crippen molar-refractivity contribution in [3.05, 3.63) is 0 Å². The van der Waals surface area contributed by atoms with Gasteiger partial charge in [-0.1, -0.05) is 20.3 Å². The van der Waals surface area contributed by atoms with Gasteiger partial charge in [0.1, 0.15) is 0 Å². The molecule has 0 amide bonds. The predicted octanol–water partition coefficient (Wildman–Crippen LogP) is 3.07. The van der Waals surface area contributed by atoms with Gasteiger partial charge in [-0.05, 0) is 43.4 Å². The minimum Gasteiger partial charge on any atom is -0.481 e. The predicted molar refractivity (Wildman–Crippen MR) is 55.0 cm³/mol. The third-order valence-electron chi connectivity index (χ3n) is 4.54. The van der Waals surface area contributed by atoms with Crippen LogP contribution >= 0.6 is 0 Å². The van der Waals surface area contributed by atoms with Gasteiger partial charge in [0.05, 0.1) is 5.41 Å². The van der Waals surface area contributed by atoms with Crippen LogP contribution in [0.2, 0.25) is 0 Å². The van der Waals surface area contributed by atoms with E-state index in [4.69, 9.17) is 0 Å². The molecule has 2 aliphatic rings. The first kappa shape index (κ1) is 10.0. The highest BCUT2D eigenvalue weighted by Gasteiger charge is 2.69. The smallest absolute Gasteiger partial charge is 0.309 e. The third-order valence-corrected chi connectivity index (χ3v) is 4.54. The lowest BCUT2D eigenvalue weighted by Gasteiger charge is -2.37. The molecule has 14 heavy (non-hydrogen) atoms. The molecular weight excluding hydrogens is 176 g/mol.